The van der Waals surface area contributed by atoms with Crippen molar-refractivity contribution in [1.82, 2.24) is 5.32 Å². The largest absolute Gasteiger partial charge is 0.492 e. The molecule has 0 bridgehead atoms. The number of hydrogen-bond donors (Lipinski definition) is 2. The van der Waals surface area contributed by atoms with Gasteiger partial charge in [-0.05, 0) is 37.5 Å². The van der Waals surface area contributed by atoms with E-state index in [1.165, 1.54) is 0 Å². The molecule has 20 heavy (non-hydrogen) atoms. The van der Waals surface area contributed by atoms with Crippen molar-refractivity contribution in [3.8, 4) is 5.75 Å². The average Bonchev–Trinajstić information content (AvgIpc) is 2.81. The first-order valence-electron chi connectivity index (χ1n) is 7.32. The number of rotatable bonds is 6. The number of nitrogens with one attached hydrogen (secondary N) is 1. The highest BCUT2D eigenvalue weighted by molar-refractivity contribution is 5.77. The molecular formula is C16H24N2O2. The Bertz CT molecular complexity index is 454. The second-order valence-corrected chi connectivity index (χ2v) is 5.76. The summed E-state index contributed by atoms with van der Waals surface area (Å²) in [7, 11) is 0. The van der Waals surface area contributed by atoms with E-state index in [1.807, 2.05) is 31.2 Å². The van der Waals surface area contributed by atoms with Gasteiger partial charge < -0.3 is 15.8 Å². The number of nitrogens with two attached hydrogens (primary N) is 1. The summed E-state index contributed by atoms with van der Waals surface area (Å²) in [5, 5.41) is 2.88. The molecule has 110 valence electrons. The third-order valence-electron chi connectivity index (χ3n) is 3.79. The lowest BCUT2D eigenvalue weighted by Crippen LogP contribution is -2.42. The van der Waals surface area contributed by atoms with E-state index in [0.29, 0.717) is 19.6 Å². The van der Waals surface area contributed by atoms with Gasteiger partial charge in [0, 0.05) is 12.0 Å². The Balaban J connectivity index is 1.64. The summed E-state index contributed by atoms with van der Waals surface area (Å²) in [5.74, 6) is 0.868. The van der Waals surface area contributed by atoms with Crippen molar-refractivity contribution < 1.29 is 9.53 Å². The summed E-state index contributed by atoms with van der Waals surface area (Å²) in [5.41, 5.74) is 7.07. The predicted molar refractivity (Wildman–Crippen MR) is 79.7 cm³/mol. The molecule has 2 rings (SSSR count). The number of carbonyl (C=O) groups excluding carboxylic acids is 1. The summed E-state index contributed by atoms with van der Waals surface area (Å²) >= 11 is 0. The van der Waals surface area contributed by atoms with Crippen molar-refractivity contribution in [3.63, 3.8) is 0 Å². The van der Waals surface area contributed by atoms with E-state index in [2.05, 4.69) is 5.32 Å². The number of aryl methyl sites for hydroxylation is 1. The van der Waals surface area contributed by atoms with E-state index < -0.39 is 0 Å². The zero-order chi connectivity index (χ0) is 14.4. The molecule has 0 heterocycles. The fraction of sp³-hybridized carbons (Fsp3) is 0.562. The van der Waals surface area contributed by atoms with Crippen LogP contribution in [-0.4, -0.2) is 24.6 Å². The van der Waals surface area contributed by atoms with Crippen LogP contribution < -0.4 is 15.8 Å². The van der Waals surface area contributed by atoms with Gasteiger partial charge in [-0.25, -0.2) is 0 Å². The zero-order valence-corrected chi connectivity index (χ0v) is 12.2. The molecule has 4 heteroatoms. The molecule has 1 aliphatic rings. The van der Waals surface area contributed by atoms with Gasteiger partial charge in [0.05, 0.1) is 6.54 Å². The van der Waals surface area contributed by atoms with Crippen LogP contribution in [0.25, 0.3) is 0 Å². The maximum absolute atomic E-state index is 11.8. The van der Waals surface area contributed by atoms with Gasteiger partial charge >= 0.3 is 0 Å². The Labute approximate surface area is 120 Å². The van der Waals surface area contributed by atoms with Gasteiger partial charge in [-0.1, -0.05) is 25.0 Å². The molecule has 0 spiro atoms. The first-order chi connectivity index (χ1) is 9.57. The lowest BCUT2D eigenvalue weighted by molar-refractivity contribution is -0.122. The third-order valence-corrected chi connectivity index (χ3v) is 3.79. The Morgan fingerprint density at radius 2 is 2.15 bits per heavy atom. The fourth-order valence-electron chi connectivity index (χ4n) is 2.70. The summed E-state index contributed by atoms with van der Waals surface area (Å²) in [6.07, 6.45) is 4.62. The van der Waals surface area contributed by atoms with E-state index in [4.69, 9.17) is 10.5 Å². The van der Waals surface area contributed by atoms with Gasteiger partial charge in [-0.15, -0.1) is 0 Å². The Morgan fingerprint density at radius 1 is 1.40 bits per heavy atom. The molecule has 1 amide bonds. The molecule has 1 saturated carbocycles. The normalized spacial score (nSPS) is 16.9. The van der Waals surface area contributed by atoms with Gasteiger partial charge in [0.15, 0.2) is 0 Å². The zero-order valence-electron chi connectivity index (χ0n) is 12.2. The number of hydrogen-bond acceptors (Lipinski definition) is 3. The average molecular weight is 276 g/mol. The van der Waals surface area contributed by atoms with E-state index in [1.54, 1.807) is 0 Å². The van der Waals surface area contributed by atoms with E-state index in [-0.39, 0.29) is 11.4 Å². The monoisotopic (exact) mass is 276 g/mol. The van der Waals surface area contributed by atoms with Crippen molar-refractivity contribution in [2.45, 2.75) is 44.6 Å². The molecule has 0 radical (unpaired) electrons. The van der Waals surface area contributed by atoms with Crippen LogP contribution in [0.4, 0.5) is 0 Å². The molecule has 1 fully saturated rings. The molecule has 1 aromatic rings. The minimum absolute atomic E-state index is 0.0299. The Kier molecular flexibility index (Phi) is 5.01. The molecule has 1 aromatic carbocycles. The molecule has 0 aliphatic heterocycles. The topological polar surface area (TPSA) is 64.3 Å². The van der Waals surface area contributed by atoms with Gasteiger partial charge in [-0.2, -0.15) is 0 Å². The highest BCUT2D eigenvalue weighted by Gasteiger charge is 2.31. The van der Waals surface area contributed by atoms with Crippen LogP contribution in [0, 0.1) is 6.92 Å². The van der Waals surface area contributed by atoms with E-state index in [9.17, 15) is 4.79 Å². The van der Waals surface area contributed by atoms with Crippen LogP contribution in [0.1, 0.15) is 37.7 Å². The van der Waals surface area contributed by atoms with Crippen LogP contribution in [0.2, 0.25) is 0 Å². The second kappa shape index (κ2) is 6.75. The lowest BCUT2D eigenvalue weighted by Gasteiger charge is -2.22. The van der Waals surface area contributed by atoms with Crippen LogP contribution in [0.5, 0.6) is 5.75 Å². The highest BCUT2D eigenvalue weighted by Crippen LogP contribution is 2.29. The molecule has 1 aliphatic carbocycles. The second-order valence-electron chi connectivity index (χ2n) is 5.76. The van der Waals surface area contributed by atoms with Crippen LogP contribution in [0.15, 0.2) is 24.3 Å². The number of carbonyl (C=O) groups is 1. The summed E-state index contributed by atoms with van der Waals surface area (Å²) in [4.78, 5) is 11.8. The van der Waals surface area contributed by atoms with Crippen molar-refractivity contribution in [2.24, 2.45) is 5.73 Å². The van der Waals surface area contributed by atoms with Gasteiger partial charge in [-0.3, -0.25) is 4.79 Å². The van der Waals surface area contributed by atoms with Crippen molar-refractivity contribution in [3.05, 3.63) is 29.8 Å². The standard InChI is InChI=1S/C16H24N2O2/c1-13-5-4-6-14(11-13)20-10-9-18-15(19)12-16(17)7-2-3-8-16/h4-6,11H,2-3,7-10,12,17H2,1H3,(H,18,19). The number of benzene rings is 1. The SMILES string of the molecule is Cc1cccc(OCCNC(=O)CC2(N)CCCC2)c1. The van der Waals surface area contributed by atoms with Crippen LogP contribution in [-0.2, 0) is 4.79 Å². The Hall–Kier alpha value is -1.55. The quantitative estimate of drug-likeness (QED) is 0.783. The summed E-state index contributed by atoms with van der Waals surface area (Å²) in [6, 6.07) is 7.88. The minimum atomic E-state index is -0.276. The molecule has 0 aromatic heterocycles. The lowest BCUT2D eigenvalue weighted by atomic mass is 9.94. The Morgan fingerprint density at radius 3 is 2.85 bits per heavy atom. The van der Waals surface area contributed by atoms with Gasteiger partial charge in [0.2, 0.25) is 5.91 Å². The minimum Gasteiger partial charge on any atom is -0.492 e. The van der Waals surface area contributed by atoms with Crippen LogP contribution in [0.3, 0.4) is 0 Å². The summed E-state index contributed by atoms with van der Waals surface area (Å²) < 4.78 is 5.59. The highest BCUT2D eigenvalue weighted by atomic mass is 16.5. The molecule has 0 unspecified atom stereocenters. The number of ether oxygens (including phenoxy) is 1. The van der Waals surface area contributed by atoms with Gasteiger partial charge in [0.25, 0.3) is 0 Å². The van der Waals surface area contributed by atoms with E-state index >= 15 is 0 Å². The molecule has 4 nitrogen and oxygen atoms in total. The first kappa shape index (κ1) is 14.9. The van der Waals surface area contributed by atoms with Crippen LogP contribution >= 0.6 is 0 Å². The molecule has 0 saturated heterocycles. The maximum Gasteiger partial charge on any atom is 0.221 e. The molecule has 3 N–H and O–H groups in total. The molecule has 0 atom stereocenters. The first-order valence-corrected chi connectivity index (χ1v) is 7.32. The smallest absolute Gasteiger partial charge is 0.221 e. The van der Waals surface area contributed by atoms with Crippen molar-refractivity contribution >= 4 is 5.91 Å². The van der Waals surface area contributed by atoms with E-state index in [0.717, 1.165) is 37.0 Å². The van der Waals surface area contributed by atoms with Gasteiger partial charge in [0.1, 0.15) is 12.4 Å². The maximum atomic E-state index is 11.8. The van der Waals surface area contributed by atoms with Crippen molar-refractivity contribution in [1.29, 1.82) is 0 Å². The fourth-order valence-corrected chi connectivity index (χ4v) is 2.70. The summed E-state index contributed by atoms with van der Waals surface area (Å²) in [6.45, 7) is 3.02. The third kappa shape index (κ3) is 4.53. The predicted octanol–water partition coefficient (Wildman–Crippen LogP) is 2.15. The number of amides is 1. The van der Waals surface area contributed by atoms with Crippen molar-refractivity contribution in [2.75, 3.05) is 13.2 Å². The molecular weight excluding hydrogens is 252 g/mol.